The van der Waals surface area contributed by atoms with Gasteiger partial charge in [0.1, 0.15) is 0 Å². The van der Waals surface area contributed by atoms with Crippen molar-refractivity contribution in [3.63, 3.8) is 0 Å². The van der Waals surface area contributed by atoms with E-state index in [9.17, 15) is 0 Å². The molecular weight excluding hydrogens is 134 g/mol. The molecule has 32 valence electrons. The van der Waals surface area contributed by atoms with Gasteiger partial charge < -0.3 is 5.40 Å². The first kappa shape index (κ1) is 5.90. The van der Waals surface area contributed by atoms with E-state index in [1.807, 2.05) is 0 Å². The van der Waals surface area contributed by atoms with Gasteiger partial charge in [0, 0.05) is 19.5 Å². The van der Waals surface area contributed by atoms with Gasteiger partial charge in [0.2, 0.25) is 0 Å². The average molecular weight is 142 g/mol. The van der Waals surface area contributed by atoms with Gasteiger partial charge in [-0.2, -0.15) is 11.1 Å². The molecule has 0 aromatic rings. The molecule has 2 N–H and O–H groups in total. The first-order valence-electron chi connectivity index (χ1n) is 1.48. The average Bonchev–Trinajstić information content (AvgIpc) is 0.722. The second-order valence-electron chi connectivity index (χ2n) is 1.56. The third kappa shape index (κ3) is 50.8. The number of hydrogen-bond acceptors (Lipinski definition) is 1. The van der Waals surface area contributed by atoms with Crippen molar-refractivity contribution < 1.29 is 0 Å². The third-order valence-corrected chi connectivity index (χ3v) is 0. The van der Waals surface area contributed by atoms with Crippen LogP contribution >= 0.6 is 11.1 Å². The standard InChI is InChI=1S/ClH8NSi3/c1-5(2,3)4/h2H2,3-4H3. The van der Waals surface area contributed by atoms with Crippen molar-refractivity contribution in [1.82, 2.24) is 0 Å². The maximum atomic E-state index is 5.57. The van der Waals surface area contributed by atoms with Crippen LogP contribution in [0.4, 0.5) is 0 Å². The smallest absolute Gasteiger partial charge is 0.176 e. The summed E-state index contributed by atoms with van der Waals surface area (Å²) >= 11 is 5.57. The zero-order valence-electron chi connectivity index (χ0n) is 3.46. The lowest BCUT2D eigenvalue weighted by molar-refractivity contribution is 1.93. The summed E-state index contributed by atoms with van der Waals surface area (Å²) in [5.74, 6) is 0. The van der Waals surface area contributed by atoms with Crippen molar-refractivity contribution in [1.29, 1.82) is 0 Å². The van der Waals surface area contributed by atoms with Gasteiger partial charge in [-0.3, -0.25) is 0 Å². The van der Waals surface area contributed by atoms with E-state index in [-0.39, 0.29) is 0 Å². The quantitative estimate of drug-likeness (QED) is 0.290. The van der Waals surface area contributed by atoms with E-state index in [1.54, 1.807) is 0 Å². The molecule has 0 rings (SSSR count). The van der Waals surface area contributed by atoms with E-state index in [1.165, 1.54) is 0 Å². The van der Waals surface area contributed by atoms with Crippen molar-refractivity contribution in [2.24, 2.45) is 5.40 Å². The Kier molecular flexibility index (Phi) is 1.85. The minimum absolute atomic E-state index is 1.05. The summed E-state index contributed by atoms with van der Waals surface area (Å²) in [5.41, 5.74) is 0. The predicted molar refractivity (Wildman–Crippen MR) is 35.7 cm³/mol. The zero-order valence-corrected chi connectivity index (χ0v) is 9.21. The van der Waals surface area contributed by atoms with Crippen LogP contribution in [-0.2, 0) is 0 Å². The maximum Gasteiger partial charge on any atom is 0.176 e. The lowest BCUT2D eigenvalue weighted by Crippen LogP contribution is -2.41. The van der Waals surface area contributed by atoms with Gasteiger partial charge in [0.05, 0.1) is 0 Å². The van der Waals surface area contributed by atoms with Crippen LogP contribution in [0.25, 0.3) is 0 Å². The molecule has 0 radical (unpaired) electrons. The molecule has 5 heteroatoms. The van der Waals surface area contributed by atoms with Gasteiger partial charge in [-0.1, -0.05) is 0 Å². The largest absolute Gasteiger partial charge is 0.344 e. The SMILES string of the molecule is N[Si]([SiH3])([SiH3])Cl. The molecule has 0 aromatic carbocycles. The molecule has 0 heterocycles. The first-order valence-corrected chi connectivity index (χ1v) is 11.6. The molecule has 1 nitrogen and oxygen atoms in total. The van der Waals surface area contributed by atoms with E-state index in [0.717, 1.165) is 19.5 Å². The lowest BCUT2D eigenvalue weighted by atomic mass is 13.9. The second kappa shape index (κ2) is 1.57. The predicted octanol–water partition coefficient (Wildman–Crippen LogP) is -2.65. The Hall–Kier alpha value is 0.901. The van der Waals surface area contributed by atoms with Crippen molar-refractivity contribution in [2.75, 3.05) is 0 Å². The first-order chi connectivity index (χ1) is 2.00. The monoisotopic (exact) mass is 141 g/mol. The van der Waals surface area contributed by atoms with E-state index >= 15 is 0 Å². The minimum atomic E-state index is -1.36. The molecule has 0 fully saturated rings. The fraction of sp³-hybridized carbons (Fsp3) is 0. The Balaban J connectivity index is 3.02. The number of rotatable bonds is 0. The Bertz CT molecular complexity index is 22.4. The molecule has 0 aliphatic rings. The van der Waals surface area contributed by atoms with Gasteiger partial charge in [-0.15, -0.1) is 0 Å². The number of nitrogens with two attached hydrogens (primary N) is 1. The van der Waals surface area contributed by atoms with E-state index in [2.05, 4.69) is 0 Å². The summed E-state index contributed by atoms with van der Waals surface area (Å²) in [6.07, 6.45) is 0. The van der Waals surface area contributed by atoms with Crippen molar-refractivity contribution in [2.45, 2.75) is 0 Å². The molecular formula is H8ClNSi3. The van der Waals surface area contributed by atoms with Crippen molar-refractivity contribution >= 4 is 37.2 Å². The van der Waals surface area contributed by atoms with Crippen LogP contribution in [-0.4, -0.2) is 26.1 Å². The number of halogens is 1. The lowest BCUT2D eigenvalue weighted by Gasteiger charge is -1.98. The Morgan fingerprint density at radius 2 is 1.60 bits per heavy atom. The molecule has 5 heavy (non-hydrogen) atoms. The van der Waals surface area contributed by atoms with E-state index < -0.39 is 6.58 Å². The molecule has 0 atom stereocenters. The highest BCUT2D eigenvalue weighted by atomic mass is 35.6. The molecule has 0 saturated carbocycles. The fourth-order valence-electron chi connectivity index (χ4n) is 0. The van der Waals surface area contributed by atoms with Crippen molar-refractivity contribution in [3.8, 4) is 0 Å². The third-order valence-electron chi connectivity index (χ3n) is 0. The van der Waals surface area contributed by atoms with Crippen LogP contribution < -0.4 is 5.40 Å². The Morgan fingerprint density at radius 1 is 1.60 bits per heavy atom. The highest BCUT2D eigenvalue weighted by Crippen LogP contribution is 1.80. The molecule has 0 saturated heterocycles. The van der Waals surface area contributed by atoms with Gasteiger partial charge >= 0.3 is 0 Å². The van der Waals surface area contributed by atoms with E-state index in [4.69, 9.17) is 16.5 Å². The number of hydrogen-bond donors (Lipinski definition) is 1. The molecule has 0 aliphatic heterocycles. The highest BCUT2D eigenvalue weighted by molar-refractivity contribution is 7.60. The highest BCUT2D eigenvalue weighted by Gasteiger charge is 2.04. The molecule has 0 spiro atoms. The topological polar surface area (TPSA) is 26.0 Å². The van der Waals surface area contributed by atoms with Gasteiger partial charge in [-0.25, -0.2) is 0 Å². The van der Waals surface area contributed by atoms with Crippen LogP contribution in [0.1, 0.15) is 0 Å². The minimum Gasteiger partial charge on any atom is -0.344 e. The molecule has 0 amide bonds. The van der Waals surface area contributed by atoms with Crippen LogP contribution in [0.15, 0.2) is 0 Å². The van der Waals surface area contributed by atoms with Gasteiger partial charge in [-0.05, 0) is 0 Å². The van der Waals surface area contributed by atoms with Crippen molar-refractivity contribution in [3.05, 3.63) is 0 Å². The summed E-state index contributed by atoms with van der Waals surface area (Å²) in [4.78, 5) is 0. The van der Waals surface area contributed by atoms with Gasteiger partial charge in [0.15, 0.2) is 6.58 Å². The summed E-state index contributed by atoms with van der Waals surface area (Å²) in [5, 5.41) is 5.38. The summed E-state index contributed by atoms with van der Waals surface area (Å²) in [6.45, 7) is -1.36. The zero-order chi connectivity index (χ0) is 4.50. The van der Waals surface area contributed by atoms with Crippen LogP contribution in [0.3, 0.4) is 0 Å². The van der Waals surface area contributed by atoms with E-state index in [0.29, 0.717) is 0 Å². The molecule has 0 aliphatic carbocycles. The Labute approximate surface area is 43.1 Å². The molecule has 0 bridgehead atoms. The molecule has 0 aromatic heterocycles. The fourth-order valence-corrected chi connectivity index (χ4v) is 0. The second-order valence-corrected chi connectivity index (χ2v) is 29.9. The summed E-state index contributed by atoms with van der Waals surface area (Å²) in [7, 11) is 2.10. The van der Waals surface area contributed by atoms with Crippen LogP contribution in [0, 0.1) is 0 Å². The maximum absolute atomic E-state index is 5.57. The normalized spacial score (nSPS) is 22.8. The Morgan fingerprint density at radius 3 is 1.60 bits per heavy atom. The van der Waals surface area contributed by atoms with Gasteiger partial charge in [0.25, 0.3) is 0 Å². The van der Waals surface area contributed by atoms with Crippen LogP contribution in [0.2, 0.25) is 0 Å². The summed E-state index contributed by atoms with van der Waals surface area (Å²) in [6, 6.07) is 0. The van der Waals surface area contributed by atoms with Crippen LogP contribution in [0.5, 0.6) is 0 Å². The molecule has 0 unspecified atom stereocenters. The summed E-state index contributed by atoms with van der Waals surface area (Å²) < 4.78 is 0.